The third-order valence-electron chi connectivity index (χ3n) is 2.12. The van der Waals surface area contributed by atoms with Crippen LogP contribution in [-0.4, -0.2) is 25.2 Å². The predicted molar refractivity (Wildman–Crippen MR) is 61.4 cm³/mol. The van der Waals surface area contributed by atoms with Crippen LogP contribution >= 0.6 is 11.3 Å². The zero-order valence-electron chi connectivity index (χ0n) is 9.65. The maximum absolute atomic E-state index is 11.5. The number of thiazole rings is 1. The molecule has 5 nitrogen and oxygen atoms in total. The molecule has 1 aromatic heterocycles. The summed E-state index contributed by atoms with van der Waals surface area (Å²) < 4.78 is 9.67. The van der Waals surface area contributed by atoms with Gasteiger partial charge < -0.3 is 15.2 Å². The number of ether oxygens (including phenoxy) is 2. The van der Waals surface area contributed by atoms with Crippen LogP contribution in [0, 0.1) is 0 Å². The first-order valence-electron chi connectivity index (χ1n) is 4.96. The first-order valence-corrected chi connectivity index (χ1v) is 5.78. The summed E-state index contributed by atoms with van der Waals surface area (Å²) in [6.45, 7) is 2.26. The van der Waals surface area contributed by atoms with E-state index in [-0.39, 0.29) is 18.6 Å². The second-order valence-electron chi connectivity index (χ2n) is 3.27. The van der Waals surface area contributed by atoms with Gasteiger partial charge in [0.2, 0.25) is 0 Å². The summed E-state index contributed by atoms with van der Waals surface area (Å²) in [7, 11) is 2.90. The van der Waals surface area contributed by atoms with Crippen molar-refractivity contribution in [2.75, 3.05) is 14.2 Å². The molecule has 0 aliphatic carbocycles. The van der Waals surface area contributed by atoms with Crippen LogP contribution in [0.25, 0.3) is 0 Å². The zero-order valence-corrected chi connectivity index (χ0v) is 10.5. The van der Waals surface area contributed by atoms with Crippen molar-refractivity contribution in [1.29, 1.82) is 0 Å². The van der Waals surface area contributed by atoms with Gasteiger partial charge in [-0.25, -0.2) is 9.78 Å². The minimum atomic E-state index is -0.390. The zero-order chi connectivity index (χ0) is 12.1. The minimum Gasteiger partial charge on any atom is -0.465 e. The van der Waals surface area contributed by atoms with Crippen molar-refractivity contribution in [2.24, 2.45) is 5.73 Å². The Morgan fingerprint density at radius 2 is 2.25 bits per heavy atom. The highest BCUT2D eigenvalue weighted by atomic mass is 32.1. The highest BCUT2D eigenvalue weighted by Crippen LogP contribution is 2.25. The van der Waals surface area contributed by atoms with Crippen LogP contribution < -0.4 is 5.73 Å². The van der Waals surface area contributed by atoms with Gasteiger partial charge in [-0.2, -0.15) is 0 Å². The summed E-state index contributed by atoms with van der Waals surface area (Å²) in [5.74, 6) is -0.390. The number of aromatic nitrogens is 1. The molecule has 2 N–H and O–H groups in total. The van der Waals surface area contributed by atoms with Crippen LogP contribution in [0.4, 0.5) is 0 Å². The molecule has 1 rings (SSSR count). The molecule has 0 fully saturated rings. The van der Waals surface area contributed by atoms with Crippen molar-refractivity contribution in [3.63, 3.8) is 0 Å². The normalized spacial score (nSPS) is 12.5. The van der Waals surface area contributed by atoms with E-state index in [4.69, 9.17) is 10.5 Å². The number of nitrogens with zero attached hydrogens (tertiary/aromatic N) is 1. The second-order valence-corrected chi connectivity index (χ2v) is 4.30. The van der Waals surface area contributed by atoms with Crippen molar-refractivity contribution in [3.05, 3.63) is 15.6 Å². The van der Waals surface area contributed by atoms with E-state index in [2.05, 4.69) is 9.72 Å². The van der Waals surface area contributed by atoms with Gasteiger partial charge in [-0.1, -0.05) is 6.92 Å². The number of hydrogen-bond acceptors (Lipinski definition) is 6. The highest BCUT2D eigenvalue weighted by Gasteiger charge is 2.20. The van der Waals surface area contributed by atoms with Gasteiger partial charge in [-0.3, -0.25) is 0 Å². The Morgan fingerprint density at radius 1 is 1.56 bits per heavy atom. The van der Waals surface area contributed by atoms with Crippen molar-refractivity contribution < 1.29 is 14.3 Å². The fourth-order valence-electron chi connectivity index (χ4n) is 1.19. The first-order chi connectivity index (χ1) is 7.63. The molecular formula is C10H16N2O3S. The van der Waals surface area contributed by atoms with E-state index < -0.39 is 0 Å². The lowest BCUT2D eigenvalue weighted by atomic mass is 10.2. The van der Waals surface area contributed by atoms with Gasteiger partial charge in [0.1, 0.15) is 9.88 Å². The lowest BCUT2D eigenvalue weighted by molar-refractivity contribution is 0.0601. The van der Waals surface area contributed by atoms with Gasteiger partial charge in [-0.15, -0.1) is 11.3 Å². The molecule has 0 aliphatic heterocycles. The van der Waals surface area contributed by atoms with Gasteiger partial charge in [0.05, 0.1) is 25.5 Å². The van der Waals surface area contributed by atoms with E-state index in [1.54, 1.807) is 7.11 Å². The maximum Gasteiger partial charge on any atom is 0.350 e. The molecular weight excluding hydrogens is 228 g/mol. The van der Waals surface area contributed by atoms with Crippen molar-refractivity contribution >= 4 is 17.3 Å². The predicted octanol–water partition coefficient (Wildman–Crippen LogP) is 1.49. The van der Waals surface area contributed by atoms with Crippen LogP contribution in [0.15, 0.2) is 0 Å². The number of carbonyl (C=O) groups excluding carboxylic acids is 1. The fraction of sp³-hybridized carbons (Fsp3) is 0.600. The molecule has 1 aromatic rings. The maximum atomic E-state index is 11.5. The molecule has 16 heavy (non-hydrogen) atoms. The molecule has 0 saturated carbocycles. The molecule has 0 bridgehead atoms. The van der Waals surface area contributed by atoms with Crippen LogP contribution in [0.2, 0.25) is 0 Å². The smallest absolute Gasteiger partial charge is 0.350 e. The third kappa shape index (κ3) is 2.78. The molecule has 0 aliphatic rings. The van der Waals surface area contributed by atoms with Gasteiger partial charge >= 0.3 is 5.97 Å². The quantitative estimate of drug-likeness (QED) is 0.794. The van der Waals surface area contributed by atoms with Gasteiger partial charge in [0.15, 0.2) is 0 Å². The molecule has 0 spiro atoms. The molecule has 1 atom stereocenters. The monoisotopic (exact) mass is 244 g/mol. The van der Waals surface area contributed by atoms with Crippen molar-refractivity contribution in [1.82, 2.24) is 4.98 Å². The lowest BCUT2D eigenvalue weighted by Crippen LogP contribution is -2.08. The van der Waals surface area contributed by atoms with Crippen molar-refractivity contribution in [2.45, 2.75) is 26.0 Å². The average Bonchev–Trinajstić information content (AvgIpc) is 2.71. The Morgan fingerprint density at radius 3 is 2.75 bits per heavy atom. The van der Waals surface area contributed by atoms with E-state index in [0.717, 1.165) is 11.4 Å². The molecule has 0 radical (unpaired) electrons. The average molecular weight is 244 g/mol. The summed E-state index contributed by atoms with van der Waals surface area (Å²) in [5.41, 5.74) is 6.46. The number of esters is 1. The number of carbonyl (C=O) groups is 1. The summed E-state index contributed by atoms with van der Waals surface area (Å²) in [6.07, 6.45) is 0.778. The molecule has 90 valence electrons. The van der Waals surface area contributed by atoms with Crippen LogP contribution in [0.1, 0.15) is 39.8 Å². The minimum absolute atomic E-state index is 0.140. The van der Waals surface area contributed by atoms with Gasteiger partial charge in [-0.05, 0) is 6.42 Å². The van der Waals surface area contributed by atoms with E-state index in [1.165, 1.54) is 18.4 Å². The summed E-state index contributed by atoms with van der Waals surface area (Å²) in [5, 5.41) is 0.745. The van der Waals surface area contributed by atoms with Gasteiger partial charge in [0.25, 0.3) is 0 Å². The third-order valence-corrected chi connectivity index (χ3v) is 3.33. The lowest BCUT2D eigenvalue weighted by Gasteiger charge is -2.01. The van der Waals surface area contributed by atoms with E-state index in [0.29, 0.717) is 10.6 Å². The van der Waals surface area contributed by atoms with E-state index >= 15 is 0 Å². The first kappa shape index (κ1) is 13.1. The second kappa shape index (κ2) is 5.93. The van der Waals surface area contributed by atoms with Crippen LogP contribution in [0.5, 0.6) is 0 Å². The SMILES string of the molecule is CCC(N)c1nc(COC)c(C(=O)OC)s1. The Balaban J connectivity index is 3.04. The molecule has 0 saturated heterocycles. The largest absolute Gasteiger partial charge is 0.465 e. The number of methoxy groups -OCH3 is 2. The highest BCUT2D eigenvalue weighted by molar-refractivity contribution is 7.13. The Labute approximate surface area is 98.6 Å². The van der Waals surface area contributed by atoms with Crippen LogP contribution in [-0.2, 0) is 16.1 Å². The topological polar surface area (TPSA) is 74.4 Å². The van der Waals surface area contributed by atoms with E-state index in [1.807, 2.05) is 6.92 Å². The molecule has 1 heterocycles. The van der Waals surface area contributed by atoms with E-state index in [9.17, 15) is 4.79 Å². The van der Waals surface area contributed by atoms with Crippen LogP contribution in [0.3, 0.4) is 0 Å². The Hall–Kier alpha value is -0.980. The standard InChI is InChI=1S/C10H16N2O3S/c1-4-6(11)9-12-7(5-14-2)8(16-9)10(13)15-3/h6H,4-5,11H2,1-3H3. The number of rotatable bonds is 5. The fourth-order valence-corrected chi connectivity index (χ4v) is 2.26. The molecule has 1 unspecified atom stereocenters. The van der Waals surface area contributed by atoms with Gasteiger partial charge in [0, 0.05) is 7.11 Å². The number of hydrogen-bond donors (Lipinski definition) is 1. The summed E-state index contributed by atoms with van der Waals surface area (Å²) in [6, 6.07) is -0.140. The van der Waals surface area contributed by atoms with Crippen molar-refractivity contribution in [3.8, 4) is 0 Å². The molecule has 6 heteroatoms. The number of nitrogens with two attached hydrogens (primary N) is 1. The Kier molecular flexibility index (Phi) is 4.85. The Bertz CT molecular complexity index is 365. The molecule has 0 aromatic carbocycles. The summed E-state index contributed by atoms with van der Waals surface area (Å²) >= 11 is 1.27. The summed E-state index contributed by atoms with van der Waals surface area (Å²) in [4.78, 5) is 16.3. The molecule has 0 amide bonds.